The zero-order chi connectivity index (χ0) is 22.6. The molecule has 0 bridgehead atoms. The number of carbonyl (C=O) groups is 4. The fourth-order valence-electron chi connectivity index (χ4n) is 3.02. The van der Waals surface area contributed by atoms with E-state index in [2.05, 4.69) is 0 Å². The first-order valence-electron chi connectivity index (χ1n) is 9.49. The Morgan fingerprint density at radius 3 is 1.34 bits per heavy atom. The number of rotatable bonds is 3. The lowest BCUT2D eigenvalue weighted by atomic mass is 9.84. The summed E-state index contributed by atoms with van der Waals surface area (Å²) in [5.41, 5.74) is 5.57. The molecular formula is C24H29ClO4. The second kappa shape index (κ2) is 9.93. The van der Waals surface area contributed by atoms with Gasteiger partial charge in [0.15, 0.2) is 23.1 Å². The first-order valence-corrected chi connectivity index (χ1v) is 10.0. The molecule has 4 nitrogen and oxygen atoms in total. The van der Waals surface area contributed by atoms with Crippen LogP contribution < -0.4 is 0 Å². The molecule has 29 heavy (non-hydrogen) atoms. The van der Waals surface area contributed by atoms with E-state index in [0.29, 0.717) is 51.0 Å². The summed E-state index contributed by atoms with van der Waals surface area (Å²) in [5, 5.41) is 0. The predicted molar refractivity (Wildman–Crippen MR) is 117 cm³/mol. The van der Waals surface area contributed by atoms with Crippen molar-refractivity contribution in [1.82, 2.24) is 0 Å². The molecule has 0 amide bonds. The number of Topliss-reactive ketones (excluding diaryl/α,β-unsaturated/α-hetero) is 4. The smallest absolute Gasteiger partial charge is 0.186 e. The van der Waals surface area contributed by atoms with Crippen molar-refractivity contribution in [3.8, 4) is 0 Å². The maximum Gasteiger partial charge on any atom is 0.186 e. The molecule has 0 aromatic heterocycles. The van der Waals surface area contributed by atoms with E-state index < -0.39 is 0 Å². The summed E-state index contributed by atoms with van der Waals surface area (Å²) in [4.78, 5) is 46.9. The fraction of sp³-hybridized carbons (Fsp3) is 0.417. The molecule has 156 valence electrons. The monoisotopic (exact) mass is 416 g/mol. The molecule has 0 aliphatic heterocycles. The Morgan fingerprint density at radius 2 is 0.966 bits per heavy atom. The van der Waals surface area contributed by atoms with Crippen molar-refractivity contribution in [3.05, 3.63) is 56.2 Å². The van der Waals surface area contributed by atoms with Gasteiger partial charge in [0.25, 0.3) is 0 Å². The van der Waals surface area contributed by atoms with E-state index in [4.69, 9.17) is 11.6 Å². The minimum Gasteiger partial charge on any atom is -0.289 e. The van der Waals surface area contributed by atoms with Gasteiger partial charge < -0.3 is 0 Å². The molecular weight excluding hydrogens is 388 g/mol. The van der Waals surface area contributed by atoms with Crippen molar-refractivity contribution in [2.75, 3.05) is 5.88 Å². The standard InChI is InChI=1S/C14H18O2.C10H11ClO2/c1-8(2)6-7-12-11(5)13(15)9(3)10(4)14(12)16;1-5-6(2)10(13)8(4-11)7(3)9(5)12/h6H,7H2,1-5H3;4H2,1-3H3. The van der Waals surface area contributed by atoms with Crippen LogP contribution in [0, 0.1) is 0 Å². The van der Waals surface area contributed by atoms with Crippen LogP contribution in [0.15, 0.2) is 56.2 Å². The van der Waals surface area contributed by atoms with Crippen LogP contribution in [-0.4, -0.2) is 29.0 Å². The SMILES string of the molecule is CC(C)=CCC1=C(C)C(=O)C(C)=C(C)C1=O.CC1=C(C)C(=O)C(CCl)=C(C)C1=O. The average Bonchev–Trinajstić information content (AvgIpc) is 2.68. The number of allylic oxidation sites excluding steroid dienone is 10. The predicted octanol–water partition coefficient (Wildman–Crippen LogP) is 5.18. The lowest BCUT2D eigenvalue weighted by molar-refractivity contribution is -0.116. The topological polar surface area (TPSA) is 68.3 Å². The molecule has 5 heteroatoms. The van der Waals surface area contributed by atoms with Crippen LogP contribution in [0.1, 0.15) is 61.8 Å². The van der Waals surface area contributed by atoms with Crippen molar-refractivity contribution in [2.45, 2.75) is 61.8 Å². The van der Waals surface area contributed by atoms with Gasteiger partial charge in [-0.25, -0.2) is 0 Å². The third-order valence-electron chi connectivity index (χ3n) is 5.47. The van der Waals surface area contributed by atoms with E-state index in [9.17, 15) is 19.2 Å². The Balaban J connectivity index is 0.000000296. The molecule has 0 radical (unpaired) electrons. The van der Waals surface area contributed by atoms with E-state index in [-0.39, 0.29) is 29.0 Å². The largest absolute Gasteiger partial charge is 0.289 e. The molecule has 0 fully saturated rings. The van der Waals surface area contributed by atoms with Gasteiger partial charge in [-0.05, 0) is 61.8 Å². The Hall–Kier alpha value is -2.33. The summed E-state index contributed by atoms with van der Waals surface area (Å²) < 4.78 is 0. The van der Waals surface area contributed by atoms with Crippen molar-refractivity contribution < 1.29 is 19.2 Å². The molecule has 2 aliphatic carbocycles. The molecule has 2 rings (SSSR count). The number of ketones is 4. The van der Waals surface area contributed by atoms with Gasteiger partial charge >= 0.3 is 0 Å². The van der Waals surface area contributed by atoms with E-state index in [1.807, 2.05) is 19.9 Å². The Labute approximate surface area is 178 Å². The first kappa shape index (κ1) is 24.7. The molecule has 2 aliphatic rings. The summed E-state index contributed by atoms with van der Waals surface area (Å²) in [5.74, 6) is -0.0141. The zero-order valence-electron chi connectivity index (χ0n) is 18.5. The van der Waals surface area contributed by atoms with Gasteiger partial charge in [-0.3, -0.25) is 19.2 Å². The molecule has 0 aromatic carbocycles. The van der Waals surface area contributed by atoms with Gasteiger partial charge in [0.2, 0.25) is 0 Å². The van der Waals surface area contributed by atoms with E-state index >= 15 is 0 Å². The van der Waals surface area contributed by atoms with Crippen LogP contribution in [0.5, 0.6) is 0 Å². The van der Waals surface area contributed by atoms with Gasteiger partial charge in [-0.2, -0.15) is 0 Å². The Kier molecular flexibility index (Phi) is 8.46. The maximum atomic E-state index is 12.0. The van der Waals surface area contributed by atoms with Crippen LogP contribution in [0.25, 0.3) is 0 Å². The van der Waals surface area contributed by atoms with Crippen molar-refractivity contribution in [2.24, 2.45) is 0 Å². The summed E-state index contributed by atoms with van der Waals surface area (Å²) in [6.07, 6.45) is 2.54. The van der Waals surface area contributed by atoms with Gasteiger partial charge in [-0.15, -0.1) is 11.6 Å². The Morgan fingerprint density at radius 1 is 0.621 bits per heavy atom. The van der Waals surface area contributed by atoms with Crippen LogP contribution in [0.3, 0.4) is 0 Å². The number of hydrogen-bond acceptors (Lipinski definition) is 4. The fourth-order valence-corrected chi connectivity index (χ4v) is 3.35. The molecule has 0 atom stereocenters. The van der Waals surface area contributed by atoms with Crippen molar-refractivity contribution in [1.29, 1.82) is 0 Å². The number of halogens is 1. The quantitative estimate of drug-likeness (QED) is 0.361. The zero-order valence-corrected chi connectivity index (χ0v) is 19.3. The summed E-state index contributed by atoms with van der Waals surface area (Å²) in [6, 6.07) is 0. The molecule has 0 spiro atoms. The summed E-state index contributed by atoms with van der Waals surface area (Å²) >= 11 is 5.59. The molecule has 0 saturated carbocycles. The minimum atomic E-state index is -0.0930. The highest BCUT2D eigenvalue weighted by Gasteiger charge is 2.27. The highest BCUT2D eigenvalue weighted by molar-refractivity contribution is 6.30. The molecule has 0 saturated heterocycles. The van der Waals surface area contributed by atoms with Gasteiger partial charge in [-0.1, -0.05) is 11.6 Å². The van der Waals surface area contributed by atoms with Gasteiger partial charge in [0, 0.05) is 44.6 Å². The second-order valence-electron chi connectivity index (χ2n) is 7.64. The number of hydrogen-bond donors (Lipinski definition) is 0. The first-order chi connectivity index (χ1) is 13.4. The maximum absolute atomic E-state index is 12.0. The second-order valence-corrected chi connectivity index (χ2v) is 7.91. The molecule has 0 N–H and O–H groups in total. The highest BCUT2D eigenvalue weighted by atomic mass is 35.5. The summed E-state index contributed by atoms with van der Waals surface area (Å²) in [7, 11) is 0. The third-order valence-corrected chi connectivity index (χ3v) is 5.74. The third kappa shape index (κ3) is 5.18. The lowest BCUT2D eigenvalue weighted by Gasteiger charge is -2.17. The average molecular weight is 417 g/mol. The van der Waals surface area contributed by atoms with Crippen LogP contribution in [0.2, 0.25) is 0 Å². The van der Waals surface area contributed by atoms with E-state index in [1.165, 1.54) is 0 Å². The number of alkyl halides is 1. The van der Waals surface area contributed by atoms with Gasteiger partial charge in [0.05, 0.1) is 5.88 Å². The Bertz CT molecular complexity index is 945. The van der Waals surface area contributed by atoms with E-state index in [1.54, 1.807) is 41.5 Å². The normalized spacial score (nSPS) is 17.8. The van der Waals surface area contributed by atoms with Crippen molar-refractivity contribution in [3.63, 3.8) is 0 Å². The molecule has 0 aromatic rings. The number of carbonyl (C=O) groups excluding carboxylic acids is 4. The molecule has 0 heterocycles. The molecule has 0 unspecified atom stereocenters. The van der Waals surface area contributed by atoms with Gasteiger partial charge in [0.1, 0.15) is 0 Å². The van der Waals surface area contributed by atoms with E-state index in [0.717, 1.165) is 5.57 Å². The van der Waals surface area contributed by atoms with Crippen molar-refractivity contribution >= 4 is 34.7 Å². The van der Waals surface area contributed by atoms with Crippen LogP contribution in [-0.2, 0) is 19.2 Å². The van der Waals surface area contributed by atoms with Crippen LogP contribution in [0.4, 0.5) is 0 Å². The van der Waals surface area contributed by atoms with Crippen LogP contribution >= 0.6 is 11.6 Å². The minimum absolute atomic E-state index is 0.00857. The summed E-state index contributed by atoms with van der Waals surface area (Å²) in [6.45, 7) is 14.1. The lowest BCUT2D eigenvalue weighted by Crippen LogP contribution is -2.21. The highest BCUT2D eigenvalue weighted by Crippen LogP contribution is 2.27.